The highest BCUT2D eigenvalue weighted by Crippen LogP contribution is 2.42. The number of rotatable bonds is 3. The molecule has 0 unspecified atom stereocenters. The molecule has 1 spiro atoms. The molecule has 2 fully saturated rings. The standard InChI is InChI=1S/C20H18F3N3O4/c21-20(22,23)13-11-12(24-16(27)15-5-4-10-30-15)6-7-14(13)26-17(28)19(25-18(26)29)8-2-1-3-9-19/h4-7,10-11H,1-3,8-9H2,(H,24,27)(H,25,29). The third-order valence-corrected chi connectivity index (χ3v) is 5.41. The molecular weight excluding hydrogens is 403 g/mol. The number of alkyl halides is 3. The van der Waals surface area contributed by atoms with Gasteiger partial charge in [0.05, 0.1) is 17.5 Å². The summed E-state index contributed by atoms with van der Waals surface area (Å²) in [6, 6.07) is 4.88. The number of carbonyl (C=O) groups excluding carboxylic acids is 3. The normalized spacial score (nSPS) is 18.6. The van der Waals surface area contributed by atoms with E-state index < -0.39 is 40.8 Å². The zero-order valence-electron chi connectivity index (χ0n) is 15.7. The number of carbonyl (C=O) groups is 3. The van der Waals surface area contributed by atoms with Gasteiger partial charge in [-0.2, -0.15) is 13.2 Å². The lowest BCUT2D eigenvalue weighted by Gasteiger charge is -2.30. The molecule has 30 heavy (non-hydrogen) atoms. The average molecular weight is 421 g/mol. The molecule has 1 aromatic carbocycles. The van der Waals surface area contributed by atoms with Gasteiger partial charge >= 0.3 is 12.2 Å². The molecule has 10 heteroatoms. The number of hydrogen-bond donors (Lipinski definition) is 2. The van der Waals surface area contributed by atoms with Crippen molar-refractivity contribution in [2.75, 3.05) is 10.2 Å². The molecule has 4 amide bonds. The molecule has 0 bridgehead atoms. The predicted molar refractivity (Wildman–Crippen MR) is 99.9 cm³/mol. The van der Waals surface area contributed by atoms with E-state index in [1.54, 1.807) is 0 Å². The van der Waals surface area contributed by atoms with Gasteiger partial charge in [-0.05, 0) is 43.2 Å². The lowest BCUT2D eigenvalue weighted by molar-refractivity contribution is -0.137. The molecule has 0 atom stereocenters. The van der Waals surface area contributed by atoms with Crippen LogP contribution in [0.15, 0.2) is 41.0 Å². The monoisotopic (exact) mass is 421 g/mol. The van der Waals surface area contributed by atoms with Crippen LogP contribution in [0.2, 0.25) is 0 Å². The fourth-order valence-corrected chi connectivity index (χ4v) is 3.97. The maximum atomic E-state index is 13.8. The third-order valence-electron chi connectivity index (χ3n) is 5.41. The van der Waals surface area contributed by atoms with Gasteiger partial charge in [-0.25, -0.2) is 9.69 Å². The van der Waals surface area contributed by atoms with Gasteiger partial charge in [0.1, 0.15) is 5.54 Å². The summed E-state index contributed by atoms with van der Waals surface area (Å²) in [6.07, 6.45) is -0.475. The fourth-order valence-electron chi connectivity index (χ4n) is 3.97. The van der Waals surface area contributed by atoms with E-state index in [1.807, 2.05) is 0 Å². The van der Waals surface area contributed by atoms with Gasteiger partial charge in [-0.15, -0.1) is 0 Å². The van der Waals surface area contributed by atoms with E-state index in [2.05, 4.69) is 10.6 Å². The zero-order chi connectivity index (χ0) is 21.5. The van der Waals surface area contributed by atoms with Crippen molar-refractivity contribution in [3.8, 4) is 0 Å². The molecule has 1 saturated carbocycles. The van der Waals surface area contributed by atoms with E-state index >= 15 is 0 Å². The van der Waals surface area contributed by atoms with Gasteiger partial charge in [0, 0.05) is 5.69 Å². The van der Waals surface area contributed by atoms with Crippen molar-refractivity contribution >= 4 is 29.2 Å². The smallest absolute Gasteiger partial charge is 0.418 e. The predicted octanol–water partition coefficient (Wildman–Crippen LogP) is 4.31. The fraction of sp³-hybridized carbons (Fsp3) is 0.350. The molecule has 158 valence electrons. The first kappa shape index (κ1) is 20.0. The van der Waals surface area contributed by atoms with E-state index in [1.165, 1.54) is 24.5 Å². The first-order chi connectivity index (χ1) is 14.2. The van der Waals surface area contributed by atoms with Gasteiger partial charge in [0.25, 0.3) is 11.8 Å². The molecule has 1 aliphatic carbocycles. The molecule has 4 rings (SSSR count). The second-order valence-corrected chi connectivity index (χ2v) is 7.37. The largest absolute Gasteiger partial charge is 0.459 e. The van der Waals surface area contributed by atoms with Crippen molar-refractivity contribution in [3.05, 3.63) is 47.9 Å². The first-order valence-electron chi connectivity index (χ1n) is 9.44. The molecule has 2 aromatic rings. The van der Waals surface area contributed by atoms with E-state index in [-0.39, 0.29) is 11.4 Å². The quantitative estimate of drug-likeness (QED) is 0.723. The summed E-state index contributed by atoms with van der Waals surface area (Å²) in [6.45, 7) is 0. The summed E-state index contributed by atoms with van der Waals surface area (Å²) in [7, 11) is 0. The number of benzene rings is 1. The third kappa shape index (κ3) is 3.42. The summed E-state index contributed by atoms with van der Waals surface area (Å²) in [5, 5.41) is 4.92. The number of nitrogens with one attached hydrogen (secondary N) is 2. The van der Waals surface area contributed by atoms with Crippen LogP contribution in [0.5, 0.6) is 0 Å². The van der Waals surface area contributed by atoms with Crippen LogP contribution >= 0.6 is 0 Å². The van der Waals surface area contributed by atoms with Crippen LogP contribution in [0.25, 0.3) is 0 Å². The number of hydrogen-bond acceptors (Lipinski definition) is 4. The summed E-state index contributed by atoms with van der Waals surface area (Å²) >= 11 is 0. The maximum Gasteiger partial charge on any atom is 0.418 e. The van der Waals surface area contributed by atoms with Gasteiger partial charge in [0.15, 0.2) is 5.76 Å². The Balaban J connectivity index is 1.68. The van der Waals surface area contributed by atoms with E-state index in [4.69, 9.17) is 4.42 Å². The SMILES string of the molecule is O=C(Nc1ccc(N2C(=O)NC3(CCCCC3)C2=O)c(C(F)(F)F)c1)c1ccco1. The van der Waals surface area contributed by atoms with Crippen LogP contribution in [-0.4, -0.2) is 23.4 Å². The van der Waals surface area contributed by atoms with E-state index in [0.717, 1.165) is 12.5 Å². The van der Waals surface area contributed by atoms with Crippen LogP contribution in [0.3, 0.4) is 0 Å². The van der Waals surface area contributed by atoms with E-state index in [9.17, 15) is 27.6 Å². The first-order valence-corrected chi connectivity index (χ1v) is 9.44. The number of nitrogens with zero attached hydrogens (tertiary/aromatic N) is 1. The molecule has 1 aromatic heterocycles. The van der Waals surface area contributed by atoms with Crippen LogP contribution in [-0.2, 0) is 11.0 Å². The molecule has 2 N–H and O–H groups in total. The number of furan rings is 1. The lowest BCUT2D eigenvalue weighted by Crippen LogP contribution is -2.48. The van der Waals surface area contributed by atoms with Gasteiger partial charge < -0.3 is 15.1 Å². The average Bonchev–Trinajstić information content (AvgIpc) is 3.30. The van der Waals surface area contributed by atoms with Gasteiger partial charge in [-0.1, -0.05) is 19.3 Å². The highest BCUT2D eigenvalue weighted by molar-refractivity contribution is 6.23. The Morgan fingerprint density at radius 2 is 1.87 bits per heavy atom. The van der Waals surface area contributed by atoms with Crippen molar-refractivity contribution in [2.45, 2.75) is 43.8 Å². The Labute approximate surface area is 169 Å². The van der Waals surface area contributed by atoms with Crippen molar-refractivity contribution in [1.29, 1.82) is 0 Å². The Hall–Kier alpha value is -3.30. The molecular formula is C20H18F3N3O4. The molecule has 7 nitrogen and oxygen atoms in total. The maximum absolute atomic E-state index is 13.8. The van der Waals surface area contributed by atoms with Gasteiger partial charge in [-0.3, -0.25) is 9.59 Å². The Kier molecular flexibility index (Phi) is 4.79. The summed E-state index contributed by atoms with van der Waals surface area (Å²) in [4.78, 5) is 38.1. The highest BCUT2D eigenvalue weighted by Gasteiger charge is 2.53. The second-order valence-electron chi connectivity index (χ2n) is 7.37. The van der Waals surface area contributed by atoms with Crippen molar-refractivity contribution in [3.63, 3.8) is 0 Å². The Morgan fingerprint density at radius 1 is 1.13 bits per heavy atom. The van der Waals surface area contributed by atoms with Crippen molar-refractivity contribution in [1.82, 2.24) is 5.32 Å². The van der Waals surface area contributed by atoms with Crippen molar-refractivity contribution in [2.24, 2.45) is 0 Å². The molecule has 0 radical (unpaired) electrons. The number of urea groups is 1. The molecule has 2 aliphatic rings. The minimum atomic E-state index is -4.86. The highest BCUT2D eigenvalue weighted by atomic mass is 19.4. The summed E-state index contributed by atoms with van der Waals surface area (Å²) in [5.74, 6) is -1.47. The van der Waals surface area contributed by atoms with Crippen molar-refractivity contribution < 1.29 is 32.0 Å². The number of imide groups is 1. The molecule has 1 saturated heterocycles. The summed E-state index contributed by atoms with van der Waals surface area (Å²) in [5.41, 5.74) is -3.06. The van der Waals surface area contributed by atoms with Crippen LogP contribution in [0.1, 0.15) is 48.2 Å². The minimum absolute atomic E-state index is 0.0685. The summed E-state index contributed by atoms with van der Waals surface area (Å²) < 4.78 is 46.3. The minimum Gasteiger partial charge on any atom is -0.459 e. The van der Waals surface area contributed by atoms with Crippen LogP contribution in [0.4, 0.5) is 29.3 Å². The van der Waals surface area contributed by atoms with Crippen LogP contribution < -0.4 is 15.5 Å². The second kappa shape index (κ2) is 7.19. The Morgan fingerprint density at radius 3 is 2.50 bits per heavy atom. The van der Waals surface area contributed by atoms with Gasteiger partial charge in [0.2, 0.25) is 0 Å². The topological polar surface area (TPSA) is 91.7 Å². The lowest BCUT2D eigenvalue weighted by atomic mass is 9.81. The van der Waals surface area contributed by atoms with Crippen LogP contribution in [0, 0.1) is 0 Å². The molecule has 1 aliphatic heterocycles. The van der Waals surface area contributed by atoms with E-state index in [0.29, 0.717) is 36.6 Å². The zero-order valence-corrected chi connectivity index (χ0v) is 15.7. The molecule has 2 heterocycles. The number of anilines is 2. The Bertz CT molecular complexity index is 995. The number of halogens is 3. The number of amides is 4.